The summed E-state index contributed by atoms with van der Waals surface area (Å²) in [6.45, 7) is 2.50. The largest absolute Gasteiger partial charge is 0.457 e. The summed E-state index contributed by atoms with van der Waals surface area (Å²) in [6.07, 6.45) is 4.53. The number of ether oxygens (including phenoxy) is 1. The molecule has 3 aromatic rings. The average molecular weight is 407 g/mol. The molecule has 0 spiro atoms. The van der Waals surface area contributed by atoms with Crippen LogP contribution in [0.3, 0.4) is 0 Å². The highest BCUT2D eigenvalue weighted by atomic mass is 19.1. The van der Waals surface area contributed by atoms with Crippen LogP contribution in [-0.4, -0.2) is 10.9 Å². The molecule has 0 radical (unpaired) electrons. The van der Waals surface area contributed by atoms with Gasteiger partial charge in [-0.3, -0.25) is 4.79 Å². The molecule has 6 heteroatoms. The molecule has 0 saturated heterocycles. The van der Waals surface area contributed by atoms with Gasteiger partial charge in [-0.15, -0.1) is 0 Å². The van der Waals surface area contributed by atoms with E-state index in [-0.39, 0.29) is 11.4 Å². The summed E-state index contributed by atoms with van der Waals surface area (Å²) < 4.78 is 19.1. The van der Waals surface area contributed by atoms with Gasteiger partial charge in [-0.05, 0) is 54.3 Å². The van der Waals surface area contributed by atoms with Crippen molar-refractivity contribution in [3.05, 3.63) is 83.3 Å². The van der Waals surface area contributed by atoms with Gasteiger partial charge < -0.3 is 15.8 Å². The van der Waals surface area contributed by atoms with Crippen molar-refractivity contribution in [3.8, 4) is 11.5 Å². The number of carbonyl (C=O) groups is 1. The summed E-state index contributed by atoms with van der Waals surface area (Å²) >= 11 is 0. The lowest BCUT2D eigenvalue weighted by atomic mass is 10.1. The number of halogens is 1. The third kappa shape index (κ3) is 5.80. The van der Waals surface area contributed by atoms with Gasteiger partial charge in [0.05, 0.1) is 5.56 Å². The Hall–Kier alpha value is -3.41. The number of carbonyl (C=O) groups excluding carboxylic acids is 1. The first-order valence-electron chi connectivity index (χ1n) is 10.1. The first-order chi connectivity index (χ1) is 14.6. The van der Waals surface area contributed by atoms with E-state index in [1.807, 2.05) is 42.5 Å². The predicted octanol–water partition coefficient (Wildman–Crippen LogP) is 5.26. The number of nitrogens with one attached hydrogen (secondary N) is 1. The first kappa shape index (κ1) is 21.3. The molecule has 1 aromatic heterocycles. The Morgan fingerprint density at radius 1 is 1.07 bits per heavy atom. The average Bonchev–Trinajstić information content (AvgIpc) is 2.74. The quantitative estimate of drug-likeness (QED) is 0.375. The molecule has 0 bridgehead atoms. The Morgan fingerprint density at radius 3 is 2.57 bits per heavy atom. The first-order valence-corrected chi connectivity index (χ1v) is 10.1. The second kappa shape index (κ2) is 10.4. The van der Waals surface area contributed by atoms with Crippen molar-refractivity contribution in [1.29, 1.82) is 0 Å². The van der Waals surface area contributed by atoms with Crippen LogP contribution < -0.4 is 15.8 Å². The number of hydrogen-bond donors (Lipinski definition) is 2. The normalized spacial score (nSPS) is 10.6. The van der Waals surface area contributed by atoms with E-state index in [1.54, 1.807) is 0 Å². The number of nitrogen functional groups attached to an aromatic ring is 1. The van der Waals surface area contributed by atoms with E-state index in [9.17, 15) is 9.18 Å². The van der Waals surface area contributed by atoms with Crippen LogP contribution >= 0.6 is 0 Å². The summed E-state index contributed by atoms with van der Waals surface area (Å²) in [6, 6.07) is 18.0. The number of amides is 1. The van der Waals surface area contributed by atoms with Crippen molar-refractivity contribution >= 4 is 11.7 Å². The molecule has 0 aliphatic carbocycles. The highest BCUT2D eigenvalue weighted by Crippen LogP contribution is 2.27. The maximum atomic E-state index is 13.0. The van der Waals surface area contributed by atoms with E-state index in [2.05, 4.69) is 23.3 Å². The van der Waals surface area contributed by atoms with Crippen LogP contribution in [0.2, 0.25) is 0 Å². The summed E-state index contributed by atoms with van der Waals surface area (Å²) in [5.41, 5.74) is 7.86. The van der Waals surface area contributed by atoms with E-state index in [4.69, 9.17) is 10.5 Å². The molecule has 1 heterocycles. The number of benzene rings is 2. The Morgan fingerprint density at radius 2 is 1.83 bits per heavy atom. The molecule has 0 fully saturated rings. The molecule has 3 rings (SSSR count). The van der Waals surface area contributed by atoms with Crippen molar-refractivity contribution in [2.45, 2.75) is 39.2 Å². The summed E-state index contributed by atoms with van der Waals surface area (Å²) in [7, 11) is 0. The van der Waals surface area contributed by atoms with Gasteiger partial charge in [0.1, 0.15) is 17.3 Å². The summed E-state index contributed by atoms with van der Waals surface area (Å²) in [5.74, 6) is 0.357. The molecule has 0 aliphatic rings. The van der Waals surface area contributed by atoms with Gasteiger partial charge in [0.15, 0.2) is 0 Å². The van der Waals surface area contributed by atoms with Crippen LogP contribution in [-0.2, 0) is 13.0 Å². The van der Waals surface area contributed by atoms with Crippen LogP contribution in [0, 0.1) is 5.95 Å². The zero-order valence-corrected chi connectivity index (χ0v) is 17.0. The van der Waals surface area contributed by atoms with Crippen LogP contribution in [0.5, 0.6) is 11.5 Å². The van der Waals surface area contributed by atoms with Crippen molar-refractivity contribution < 1.29 is 13.9 Å². The lowest BCUT2D eigenvalue weighted by Gasteiger charge is -2.12. The molecule has 0 saturated carbocycles. The van der Waals surface area contributed by atoms with E-state index >= 15 is 0 Å². The maximum Gasteiger partial charge on any atom is 0.255 e. The summed E-state index contributed by atoms with van der Waals surface area (Å²) in [4.78, 5) is 15.7. The van der Waals surface area contributed by atoms with Crippen molar-refractivity contribution in [2.75, 3.05) is 5.73 Å². The molecule has 5 nitrogen and oxygen atoms in total. The third-order valence-corrected chi connectivity index (χ3v) is 4.76. The topological polar surface area (TPSA) is 77.2 Å². The number of rotatable bonds is 9. The lowest BCUT2D eigenvalue weighted by Crippen LogP contribution is -2.24. The zero-order valence-electron chi connectivity index (χ0n) is 17.0. The smallest absolute Gasteiger partial charge is 0.255 e. The molecule has 156 valence electrons. The monoisotopic (exact) mass is 407 g/mol. The molecule has 30 heavy (non-hydrogen) atoms. The second-order valence-electron chi connectivity index (χ2n) is 7.06. The van der Waals surface area contributed by atoms with Crippen molar-refractivity contribution in [1.82, 2.24) is 10.3 Å². The fourth-order valence-electron chi connectivity index (χ4n) is 3.10. The Balaban J connectivity index is 1.58. The number of hydrogen-bond acceptors (Lipinski definition) is 4. The fraction of sp³-hybridized carbons (Fsp3) is 0.250. The number of aromatic nitrogens is 1. The van der Waals surface area contributed by atoms with E-state index in [1.165, 1.54) is 24.5 Å². The molecule has 3 N–H and O–H groups in total. The lowest BCUT2D eigenvalue weighted by molar-refractivity contribution is 0.0951. The Labute approximate surface area is 176 Å². The Bertz CT molecular complexity index is 990. The molecule has 2 aromatic carbocycles. The molecule has 0 aliphatic heterocycles. The number of nitrogens with two attached hydrogens (primary N) is 1. The minimum atomic E-state index is -0.716. The molecular weight excluding hydrogens is 381 g/mol. The minimum Gasteiger partial charge on any atom is -0.457 e. The van der Waals surface area contributed by atoms with Crippen LogP contribution in [0.25, 0.3) is 0 Å². The maximum absolute atomic E-state index is 13.0. The SMILES string of the molecule is CCCCCc1ccccc1Oc1ccc(CNC(=O)c2ccc(F)nc2N)cc1. The van der Waals surface area contributed by atoms with Gasteiger partial charge in [-0.1, -0.05) is 50.1 Å². The second-order valence-corrected chi connectivity index (χ2v) is 7.06. The highest BCUT2D eigenvalue weighted by Gasteiger charge is 2.11. The van der Waals surface area contributed by atoms with E-state index < -0.39 is 11.9 Å². The predicted molar refractivity (Wildman–Crippen MR) is 116 cm³/mol. The fourth-order valence-corrected chi connectivity index (χ4v) is 3.10. The molecular formula is C24H26FN3O2. The van der Waals surface area contributed by atoms with E-state index in [0.29, 0.717) is 6.54 Å². The molecule has 0 atom stereocenters. The number of para-hydroxylation sites is 1. The van der Waals surface area contributed by atoms with Crippen LogP contribution in [0.1, 0.15) is 47.7 Å². The minimum absolute atomic E-state index is 0.131. The zero-order chi connectivity index (χ0) is 21.3. The van der Waals surface area contributed by atoms with Gasteiger partial charge in [0.25, 0.3) is 5.91 Å². The van der Waals surface area contributed by atoms with Crippen LogP contribution in [0.4, 0.5) is 10.2 Å². The number of unbranched alkanes of at least 4 members (excludes halogenated alkanes) is 2. The number of pyridine rings is 1. The van der Waals surface area contributed by atoms with Crippen molar-refractivity contribution in [2.24, 2.45) is 0 Å². The number of nitrogens with zero attached hydrogens (tertiary/aromatic N) is 1. The highest BCUT2D eigenvalue weighted by molar-refractivity contribution is 5.98. The molecule has 1 amide bonds. The van der Waals surface area contributed by atoms with Gasteiger partial charge in [-0.25, -0.2) is 4.98 Å². The summed E-state index contributed by atoms with van der Waals surface area (Å²) in [5, 5.41) is 2.76. The van der Waals surface area contributed by atoms with Crippen LogP contribution in [0.15, 0.2) is 60.7 Å². The van der Waals surface area contributed by atoms with Gasteiger partial charge in [0.2, 0.25) is 5.95 Å². The van der Waals surface area contributed by atoms with Gasteiger partial charge in [-0.2, -0.15) is 4.39 Å². The van der Waals surface area contributed by atoms with Gasteiger partial charge >= 0.3 is 0 Å². The number of anilines is 1. The van der Waals surface area contributed by atoms with E-state index in [0.717, 1.165) is 36.0 Å². The van der Waals surface area contributed by atoms with Crippen molar-refractivity contribution in [3.63, 3.8) is 0 Å². The number of aryl methyl sites for hydroxylation is 1. The van der Waals surface area contributed by atoms with Gasteiger partial charge in [0, 0.05) is 6.54 Å². The Kier molecular flexibility index (Phi) is 7.38. The standard InChI is InChI=1S/C24H26FN3O2/c1-2-3-4-7-18-8-5-6-9-21(18)30-19-12-10-17(11-13-19)16-27-24(29)20-14-15-22(25)28-23(20)26/h5-6,8-15H,2-4,7,16H2,1H3,(H2,26,28)(H,27,29). The third-order valence-electron chi connectivity index (χ3n) is 4.76. The molecule has 0 unspecified atom stereocenters.